The Morgan fingerprint density at radius 1 is 0.909 bits per heavy atom. The van der Waals surface area contributed by atoms with E-state index in [-0.39, 0.29) is 11.4 Å². The molecule has 33 heavy (non-hydrogen) atoms. The van der Waals surface area contributed by atoms with Gasteiger partial charge < -0.3 is 9.84 Å². The molecule has 8 heteroatoms. The molecule has 0 atom stereocenters. The van der Waals surface area contributed by atoms with E-state index in [0.29, 0.717) is 23.3 Å². The first-order valence-corrected chi connectivity index (χ1v) is 10.0. The van der Waals surface area contributed by atoms with E-state index in [1.54, 1.807) is 51.1 Å². The number of carbonyl (C=O) groups excluding carboxylic acids is 2. The first kappa shape index (κ1) is 23.8. The van der Waals surface area contributed by atoms with Crippen LogP contribution < -0.4 is 4.90 Å². The third kappa shape index (κ3) is 5.91. The van der Waals surface area contributed by atoms with Gasteiger partial charge in [0.25, 0.3) is 5.91 Å². The molecule has 0 fully saturated rings. The Balaban J connectivity index is 2.06. The summed E-state index contributed by atoms with van der Waals surface area (Å²) in [5.74, 6) is -5.84. The third-order valence-electron chi connectivity index (χ3n) is 4.53. The van der Waals surface area contributed by atoms with Crippen molar-refractivity contribution >= 4 is 17.6 Å². The monoisotopic (exact) mass is 457 g/mol. The summed E-state index contributed by atoms with van der Waals surface area (Å²) in [6.07, 6.45) is 0. The molecule has 0 saturated carbocycles. The lowest BCUT2D eigenvalue weighted by Gasteiger charge is -2.26. The molecule has 0 aliphatic rings. The van der Waals surface area contributed by atoms with Gasteiger partial charge in [-0.3, -0.25) is 14.5 Å². The van der Waals surface area contributed by atoms with Crippen LogP contribution in [-0.2, 0) is 9.53 Å². The number of carbonyl (C=O) groups is 2. The molecule has 0 saturated heterocycles. The van der Waals surface area contributed by atoms with E-state index in [4.69, 9.17) is 4.74 Å². The third-order valence-corrected chi connectivity index (χ3v) is 4.53. The Kier molecular flexibility index (Phi) is 6.76. The van der Waals surface area contributed by atoms with E-state index in [0.717, 1.165) is 4.90 Å². The quantitative estimate of drug-likeness (QED) is 0.517. The number of rotatable bonds is 5. The van der Waals surface area contributed by atoms with Crippen LogP contribution in [0, 0.1) is 17.5 Å². The fourth-order valence-corrected chi connectivity index (χ4v) is 3.17. The highest BCUT2D eigenvalue weighted by Crippen LogP contribution is 2.28. The number of hydrogen-bond donors (Lipinski definition) is 1. The number of phenolic OH excluding ortho intramolecular Hbond substituents is 1. The zero-order valence-electron chi connectivity index (χ0n) is 18.2. The Morgan fingerprint density at radius 2 is 1.52 bits per heavy atom. The van der Waals surface area contributed by atoms with Crippen LogP contribution in [0.3, 0.4) is 0 Å². The van der Waals surface area contributed by atoms with Crippen LogP contribution in [0.15, 0.2) is 60.7 Å². The van der Waals surface area contributed by atoms with Crippen molar-refractivity contribution in [3.63, 3.8) is 0 Å². The van der Waals surface area contributed by atoms with Gasteiger partial charge in [-0.25, -0.2) is 13.2 Å². The number of amides is 1. The SMILES string of the molecule is CC(C)(C)OC(=O)CN(C(=O)c1c(F)cc(F)cc1F)c1cccc(-c2ccc(O)cc2)c1. The van der Waals surface area contributed by atoms with Crippen LogP contribution in [-0.4, -0.2) is 29.1 Å². The molecule has 1 N–H and O–H groups in total. The van der Waals surface area contributed by atoms with E-state index in [1.165, 1.54) is 18.2 Å². The van der Waals surface area contributed by atoms with E-state index in [1.807, 2.05) is 0 Å². The van der Waals surface area contributed by atoms with Gasteiger partial charge in [0.1, 0.15) is 40.9 Å². The van der Waals surface area contributed by atoms with Crippen LogP contribution in [0.4, 0.5) is 18.9 Å². The van der Waals surface area contributed by atoms with Crippen molar-refractivity contribution in [2.75, 3.05) is 11.4 Å². The van der Waals surface area contributed by atoms with Gasteiger partial charge in [0, 0.05) is 17.8 Å². The second kappa shape index (κ2) is 9.36. The van der Waals surface area contributed by atoms with Crippen LogP contribution in [0.25, 0.3) is 11.1 Å². The number of halogens is 3. The number of anilines is 1. The summed E-state index contributed by atoms with van der Waals surface area (Å²) in [6, 6.07) is 13.4. The molecule has 0 bridgehead atoms. The summed E-state index contributed by atoms with van der Waals surface area (Å²) in [7, 11) is 0. The number of hydrogen-bond acceptors (Lipinski definition) is 4. The number of nitrogens with zero attached hydrogens (tertiary/aromatic N) is 1. The number of benzene rings is 3. The average Bonchev–Trinajstić information content (AvgIpc) is 2.70. The van der Waals surface area contributed by atoms with Crippen molar-refractivity contribution in [1.82, 2.24) is 0 Å². The summed E-state index contributed by atoms with van der Waals surface area (Å²) >= 11 is 0. The first-order chi connectivity index (χ1) is 15.4. The molecule has 3 aromatic carbocycles. The summed E-state index contributed by atoms with van der Waals surface area (Å²) in [4.78, 5) is 26.6. The lowest BCUT2D eigenvalue weighted by Crippen LogP contribution is -2.39. The molecule has 0 aromatic heterocycles. The van der Waals surface area contributed by atoms with Gasteiger partial charge in [-0.05, 0) is 56.2 Å². The normalized spacial score (nSPS) is 11.2. The topological polar surface area (TPSA) is 66.8 Å². The van der Waals surface area contributed by atoms with E-state index < -0.39 is 47.0 Å². The van der Waals surface area contributed by atoms with Crippen molar-refractivity contribution in [3.05, 3.63) is 83.7 Å². The van der Waals surface area contributed by atoms with E-state index in [9.17, 15) is 27.9 Å². The Labute approximate surface area is 189 Å². The van der Waals surface area contributed by atoms with Crippen molar-refractivity contribution < 1.29 is 32.6 Å². The highest BCUT2D eigenvalue weighted by atomic mass is 19.1. The molecular formula is C25H22F3NO4. The fraction of sp³-hybridized carbons (Fsp3) is 0.200. The van der Waals surface area contributed by atoms with Gasteiger partial charge in [0.2, 0.25) is 0 Å². The number of aromatic hydroxyl groups is 1. The second-order valence-electron chi connectivity index (χ2n) is 8.32. The van der Waals surface area contributed by atoms with Gasteiger partial charge in [0.15, 0.2) is 0 Å². The molecular weight excluding hydrogens is 435 g/mol. The summed E-state index contributed by atoms with van der Waals surface area (Å²) in [5, 5.41) is 9.51. The highest BCUT2D eigenvalue weighted by molar-refractivity contribution is 6.09. The standard InChI is InChI=1S/C25H22F3NO4/c1-25(2,3)33-22(31)14-29(24(32)23-20(27)12-17(26)13-21(23)28)18-6-4-5-16(11-18)15-7-9-19(30)10-8-15/h4-13,30H,14H2,1-3H3. The molecule has 172 valence electrons. The van der Waals surface area contributed by atoms with Crippen molar-refractivity contribution in [1.29, 1.82) is 0 Å². The van der Waals surface area contributed by atoms with E-state index in [2.05, 4.69) is 0 Å². The van der Waals surface area contributed by atoms with Gasteiger partial charge in [-0.1, -0.05) is 24.3 Å². The minimum Gasteiger partial charge on any atom is -0.508 e. The zero-order valence-corrected chi connectivity index (χ0v) is 18.2. The molecule has 5 nitrogen and oxygen atoms in total. The fourth-order valence-electron chi connectivity index (χ4n) is 3.17. The maximum absolute atomic E-state index is 14.4. The first-order valence-electron chi connectivity index (χ1n) is 10.0. The maximum Gasteiger partial charge on any atom is 0.326 e. The molecule has 1 amide bonds. The van der Waals surface area contributed by atoms with Crippen molar-refractivity contribution in [2.24, 2.45) is 0 Å². The van der Waals surface area contributed by atoms with Crippen LogP contribution in [0.5, 0.6) is 5.75 Å². The lowest BCUT2D eigenvalue weighted by atomic mass is 10.0. The molecule has 0 spiro atoms. The van der Waals surface area contributed by atoms with Gasteiger partial charge in [0.05, 0.1) is 0 Å². The largest absolute Gasteiger partial charge is 0.508 e. The number of phenols is 1. The molecule has 0 unspecified atom stereocenters. The van der Waals surface area contributed by atoms with E-state index >= 15 is 0 Å². The number of esters is 1. The zero-order chi connectivity index (χ0) is 24.3. The van der Waals surface area contributed by atoms with Crippen molar-refractivity contribution in [2.45, 2.75) is 26.4 Å². The predicted molar refractivity (Wildman–Crippen MR) is 117 cm³/mol. The van der Waals surface area contributed by atoms with Crippen molar-refractivity contribution in [3.8, 4) is 16.9 Å². The van der Waals surface area contributed by atoms with Gasteiger partial charge in [-0.2, -0.15) is 0 Å². The van der Waals surface area contributed by atoms with Crippen LogP contribution in [0.2, 0.25) is 0 Å². The minimum absolute atomic E-state index is 0.0684. The average molecular weight is 457 g/mol. The maximum atomic E-state index is 14.4. The Morgan fingerprint density at radius 3 is 2.09 bits per heavy atom. The molecule has 0 heterocycles. The molecule has 3 rings (SSSR count). The Bertz CT molecular complexity index is 1160. The molecule has 0 radical (unpaired) electrons. The summed E-state index contributed by atoms with van der Waals surface area (Å²) in [5.41, 5.74) is -0.367. The minimum atomic E-state index is -1.39. The summed E-state index contributed by atoms with van der Waals surface area (Å²) < 4.78 is 47.4. The molecule has 0 aliphatic heterocycles. The highest BCUT2D eigenvalue weighted by Gasteiger charge is 2.29. The van der Waals surface area contributed by atoms with Gasteiger partial charge in [-0.15, -0.1) is 0 Å². The Hall–Kier alpha value is -3.81. The molecule has 0 aliphatic carbocycles. The van der Waals surface area contributed by atoms with Gasteiger partial charge >= 0.3 is 5.97 Å². The van der Waals surface area contributed by atoms with Crippen LogP contribution >= 0.6 is 0 Å². The lowest BCUT2D eigenvalue weighted by molar-refractivity contribution is -0.152. The smallest absolute Gasteiger partial charge is 0.326 e. The van der Waals surface area contributed by atoms with Crippen LogP contribution in [0.1, 0.15) is 31.1 Å². The predicted octanol–water partition coefficient (Wildman–Crippen LogP) is 5.47. The second-order valence-corrected chi connectivity index (χ2v) is 8.32. The molecule has 3 aromatic rings. The summed E-state index contributed by atoms with van der Waals surface area (Å²) in [6.45, 7) is 4.29. The number of ether oxygens (including phenoxy) is 1.